The molecule has 0 nitrogen and oxygen atoms in total. The third-order valence-electron chi connectivity index (χ3n) is 4.40. The molecule has 12 heavy (non-hydrogen) atoms. The molecule has 0 amide bonds. The van der Waals surface area contributed by atoms with Gasteiger partial charge in [-0.25, -0.2) is 0 Å². The lowest BCUT2D eigenvalue weighted by Crippen LogP contribution is -2.46. The van der Waals surface area contributed by atoms with Crippen LogP contribution in [0.5, 0.6) is 0 Å². The van der Waals surface area contributed by atoms with Gasteiger partial charge in [-0.3, -0.25) is 0 Å². The van der Waals surface area contributed by atoms with Crippen molar-refractivity contribution in [2.45, 2.75) is 47.5 Å². The molecule has 0 saturated heterocycles. The molecular weight excluding hydrogens is 144 g/mol. The third-order valence-corrected chi connectivity index (χ3v) is 4.40. The van der Waals surface area contributed by atoms with Crippen LogP contribution in [-0.4, -0.2) is 0 Å². The van der Waals surface area contributed by atoms with E-state index in [1.807, 2.05) is 0 Å². The molecule has 0 aromatic rings. The number of rotatable bonds is 0. The summed E-state index contributed by atoms with van der Waals surface area (Å²) >= 11 is 0. The predicted molar refractivity (Wildman–Crippen MR) is 55.1 cm³/mol. The molecule has 0 aromatic heterocycles. The lowest BCUT2D eigenvalue weighted by molar-refractivity contribution is -0.0458. The first-order chi connectivity index (χ1) is 5.20. The van der Waals surface area contributed by atoms with Crippen molar-refractivity contribution < 1.29 is 0 Å². The fourth-order valence-electron chi connectivity index (χ4n) is 3.34. The Morgan fingerprint density at radius 1 is 0.833 bits per heavy atom. The summed E-state index contributed by atoms with van der Waals surface area (Å²) in [6, 6.07) is 0. The molecule has 0 bridgehead atoms. The van der Waals surface area contributed by atoms with E-state index in [2.05, 4.69) is 20.8 Å². The fourth-order valence-corrected chi connectivity index (χ4v) is 3.34. The van der Waals surface area contributed by atoms with E-state index in [0.717, 1.165) is 29.6 Å². The van der Waals surface area contributed by atoms with Gasteiger partial charge < -0.3 is 0 Å². The highest BCUT2D eigenvalue weighted by Gasteiger charge is 2.46. The van der Waals surface area contributed by atoms with Crippen LogP contribution in [0.15, 0.2) is 0 Å². The standard InChI is InChI=1S/C11H20.CH4/c1-7-4-5-10-8(2)9(3)11(10)6-7;/h7-11H,4-6H2,1-3H3;1H4. The molecule has 2 rings (SSSR count). The Hall–Kier alpha value is 0. The lowest BCUT2D eigenvalue weighted by atomic mass is 9.52. The summed E-state index contributed by atoms with van der Waals surface area (Å²) in [5, 5.41) is 0. The first-order valence-electron chi connectivity index (χ1n) is 5.20. The van der Waals surface area contributed by atoms with Gasteiger partial charge in [-0.1, -0.05) is 34.6 Å². The first-order valence-corrected chi connectivity index (χ1v) is 5.20. The van der Waals surface area contributed by atoms with Gasteiger partial charge >= 0.3 is 0 Å². The minimum Gasteiger partial charge on any atom is -0.0776 e. The van der Waals surface area contributed by atoms with Crippen molar-refractivity contribution in [3.05, 3.63) is 0 Å². The van der Waals surface area contributed by atoms with Gasteiger partial charge in [0.15, 0.2) is 0 Å². The SMILES string of the molecule is C.CC1CCC2C(C)C(C)C2C1. The molecule has 2 aliphatic carbocycles. The second kappa shape index (κ2) is 3.40. The number of fused-ring (bicyclic) bond motifs is 1. The number of hydrogen-bond acceptors (Lipinski definition) is 0. The van der Waals surface area contributed by atoms with Gasteiger partial charge in [0.2, 0.25) is 0 Å². The summed E-state index contributed by atoms with van der Waals surface area (Å²) in [5.74, 6) is 5.30. The van der Waals surface area contributed by atoms with E-state index in [9.17, 15) is 0 Å². The summed E-state index contributed by atoms with van der Waals surface area (Å²) < 4.78 is 0. The molecular formula is C12H24. The zero-order valence-corrected chi connectivity index (χ0v) is 8.01. The Kier molecular flexibility index (Phi) is 2.85. The molecule has 2 saturated carbocycles. The van der Waals surface area contributed by atoms with Gasteiger partial charge in [0.1, 0.15) is 0 Å². The zero-order valence-electron chi connectivity index (χ0n) is 8.01. The molecule has 0 aromatic carbocycles. The Labute approximate surface area is 77.7 Å². The molecule has 0 spiro atoms. The van der Waals surface area contributed by atoms with Gasteiger partial charge in [0, 0.05) is 0 Å². The highest BCUT2D eigenvalue weighted by molar-refractivity contribution is 4.95. The zero-order chi connectivity index (χ0) is 8.01. The van der Waals surface area contributed by atoms with Crippen LogP contribution in [0.1, 0.15) is 47.5 Å². The van der Waals surface area contributed by atoms with Gasteiger partial charge in [-0.05, 0) is 42.4 Å². The normalized spacial score (nSPS) is 51.8. The summed E-state index contributed by atoms with van der Waals surface area (Å²) in [4.78, 5) is 0. The molecule has 0 aliphatic heterocycles. The van der Waals surface area contributed by atoms with Gasteiger partial charge in [-0.2, -0.15) is 0 Å². The first kappa shape index (κ1) is 10.1. The van der Waals surface area contributed by atoms with E-state index < -0.39 is 0 Å². The minimum atomic E-state index is 0. The van der Waals surface area contributed by atoms with Crippen LogP contribution in [0.3, 0.4) is 0 Å². The predicted octanol–water partition coefficient (Wildman–Crippen LogP) is 3.96. The molecule has 0 N–H and O–H groups in total. The molecule has 5 unspecified atom stereocenters. The van der Waals surface area contributed by atoms with E-state index in [0.29, 0.717) is 0 Å². The topological polar surface area (TPSA) is 0 Å². The quantitative estimate of drug-likeness (QED) is 0.513. The molecule has 0 heterocycles. The molecule has 2 fully saturated rings. The Morgan fingerprint density at radius 2 is 1.42 bits per heavy atom. The summed E-state index contributed by atoms with van der Waals surface area (Å²) in [7, 11) is 0. The van der Waals surface area contributed by atoms with Crippen LogP contribution in [0.4, 0.5) is 0 Å². The average Bonchev–Trinajstić information content (AvgIpc) is 2.03. The molecule has 0 heteroatoms. The molecule has 0 radical (unpaired) electrons. The maximum Gasteiger partial charge on any atom is -0.0352 e. The van der Waals surface area contributed by atoms with E-state index >= 15 is 0 Å². The van der Waals surface area contributed by atoms with Crippen LogP contribution in [0.2, 0.25) is 0 Å². The van der Waals surface area contributed by atoms with Crippen LogP contribution in [0, 0.1) is 29.6 Å². The van der Waals surface area contributed by atoms with E-state index in [1.54, 1.807) is 0 Å². The average molecular weight is 168 g/mol. The summed E-state index contributed by atoms with van der Waals surface area (Å²) in [5.41, 5.74) is 0. The Bertz CT molecular complexity index is 150. The minimum absolute atomic E-state index is 0. The smallest absolute Gasteiger partial charge is 0.0352 e. The van der Waals surface area contributed by atoms with Crippen molar-refractivity contribution >= 4 is 0 Å². The van der Waals surface area contributed by atoms with Gasteiger partial charge in [-0.15, -0.1) is 0 Å². The van der Waals surface area contributed by atoms with E-state index in [1.165, 1.54) is 19.3 Å². The number of hydrogen-bond donors (Lipinski definition) is 0. The van der Waals surface area contributed by atoms with Crippen LogP contribution in [0.25, 0.3) is 0 Å². The van der Waals surface area contributed by atoms with Crippen molar-refractivity contribution in [1.82, 2.24) is 0 Å². The second-order valence-corrected chi connectivity index (χ2v) is 4.96. The van der Waals surface area contributed by atoms with Crippen LogP contribution < -0.4 is 0 Å². The highest BCUT2D eigenvalue weighted by atomic mass is 14.5. The molecule has 72 valence electrons. The van der Waals surface area contributed by atoms with E-state index in [-0.39, 0.29) is 7.43 Å². The maximum absolute atomic E-state index is 2.45. The fraction of sp³-hybridized carbons (Fsp3) is 1.00. The second-order valence-electron chi connectivity index (χ2n) is 4.96. The lowest BCUT2D eigenvalue weighted by Gasteiger charge is -2.54. The van der Waals surface area contributed by atoms with Crippen molar-refractivity contribution in [2.24, 2.45) is 29.6 Å². The van der Waals surface area contributed by atoms with Gasteiger partial charge in [0.25, 0.3) is 0 Å². The van der Waals surface area contributed by atoms with Crippen LogP contribution in [-0.2, 0) is 0 Å². The molecule has 2 aliphatic rings. The largest absolute Gasteiger partial charge is 0.0776 e. The maximum atomic E-state index is 2.45. The van der Waals surface area contributed by atoms with Crippen molar-refractivity contribution in [1.29, 1.82) is 0 Å². The van der Waals surface area contributed by atoms with Gasteiger partial charge in [0.05, 0.1) is 0 Å². The Balaban J connectivity index is 0.000000720. The van der Waals surface area contributed by atoms with Crippen molar-refractivity contribution in [3.63, 3.8) is 0 Å². The molecule has 5 atom stereocenters. The monoisotopic (exact) mass is 168 g/mol. The summed E-state index contributed by atoms with van der Waals surface area (Å²) in [6.07, 6.45) is 4.55. The van der Waals surface area contributed by atoms with E-state index in [4.69, 9.17) is 0 Å². The van der Waals surface area contributed by atoms with Crippen molar-refractivity contribution in [3.8, 4) is 0 Å². The highest BCUT2D eigenvalue weighted by Crippen LogP contribution is 2.54. The van der Waals surface area contributed by atoms with Crippen molar-refractivity contribution in [2.75, 3.05) is 0 Å². The third kappa shape index (κ3) is 1.30. The van der Waals surface area contributed by atoms with Crippen LogP contribution >= 0.6 is 0 Å². The summed E-state index contributed by atoms with van der Waals surface area (Å²) in [6.45, 7) is 7.32. The Morgan fingerprint density at radius 3 is 2.08 bits per heavy atom.